The highest BCUT2D eigenvalue weighted by Crippen LogP contribution is 2.28. The molecule has 0 spiro atoms. The van der Waals surface area contributed by atoms with Gasteiger partial charge in [-0.3, -0.25) is 4.79 Å². The summed E-state index contributed by atoms with van der Waals surface area (Å²) in [5.74, 6) is 1.09. The summed E-state index contributed by atoms with van der Waals surface area (Å²) in [5.41, 5.74) is 0. The minimum atomic E-state index is 0.125. The molecule has 0 saturated heterocycles. The van der Waals surface area contributed by atoms with Crippen LogP contribution in [-0.4, -0.2) is 25.0 Å². The summed E-state index contributed by atoms with van der Waals surface area (Å²) in [6, 6.07) is 0.294. The van der Waals surface area contributed by atoms with E-state index in [-0.39, 0.29) is 5.91 Å². The SMILES string of the molecule is CCC(C)NC(=O)CNCCCC1CCCC1. The van der Waals surface area contributed by atoms with Gasteiger partial charge in [0, 0.05) is 6.04 Å². The number of hydrogen-bond acceptors (Lipinski definition) is 2. The van der Waals surface area contributed by atoms with Crippen LogP contribution in [0.2, 0.25) is 0 Å². The molecule has 17 heavy (non-hydrogen) atoms. The van der Waals surface area contributed by atoms with E-state index in [1.807, 2.05) is 6.92 Å². The fraction of sp³-hybridized carbons (Fsp3) is 0.929. The molecule has 100 valence electrons. The predicted octanol–water partition coefficient (Wildman–Crippen LogP) is 2.46. The van der Waals surface area contributed by atoms with E-state index in [1.165, 1.54) is 38.5 Å². The van der Waals surface area contributed by atoms with Gasteiger partial charge in [0.15, 0.2) is 0 Å². The standard InChI is InChI=1S/C14H28N2O/c1-3-12(2)16-14(17)11-15-10-6-9-13-7-4-5-8-13/h12-13,15H,3-11H2,1-2H3,(H,16,17). The molecule has 3 nitrogen and oxygen atoms in total. The first-order valence-corrected chi connectivity index (χ1v) is 7.22. The Hall–Kier alpha value is -0.570. The van der Waals surface area contributed by atoms with Crippen molar-refractivity contribution in [1.29, 1.82) is 0 Å². The minimum absolute atomic E-state index is 0.125. The maximum atomic E-state index is 11.5. The maximum absolute atomic E-state index is 11.5. The van der Waals surface area contributed by atoms with Crippen LogP contribution < -0.4 is 10.6 Å². The molecule has 1 rings (SSSR count). The molecule has 1 unspecified atom stereocenters. The van der Waals surface area contributed by atoms with Crippen molar-refractivity contribution in [2.45, 2.75) is 64.8 Å². The molecule has 0 aromatic heterocycles. The average Bonchev–Trinajstić information content (AvgIpc) is 2.81. The number of nitrogens with one attached hydrogen (secondary N) is 2. The maximum Gasteiger partial charge on any atom is 0.234 e. The quantitative estimate of drug-likeness (QED) is 0.640. The van der Waals surface area contributed by atoms with E-state index < -0.39 is 0 Å². The van der Waals surface area contributed by atoms with Crippen LogP contribution in [0.5, 0.6) is 0 Å². The molecule has 0 aliphatic heterocycles. The summed E-state index contributed by atoms with van der Waals surface area (Å²) in [5, 5.41) is 6.19. The van der Waals surface area contributed by atoms with Gasteiger partial charge in [0.2, 0.25) is 5.91 Å². The van der Waals surface area contributed by atoms with Gasteiger partial charge in [-0.05, 0) is 38.6 Å². The summed E-state index contributed by atoms with van der Waals surface area (Å²) in [4.78, 5) is 11.5. The second kappa shape index (κ2) is 8.51. The molecular weight excluding hydrogens is 212 g/mol. The average molecular weight is 240 g/mol. The van der Waals surface area contributed by atoms with Crippen LogP contribution in [0.4, 0.5) is 0 Å². The molecule has 0 heterocycles. The van der Waals surface area contributed by atoms with Crippen LogP contribution in [0.3, 0.4) is 0 Å². The van der Waals surface area contributed by atoms with Gasteiger partial charge in [0.1, 0.15) is 0 Å². The Bertz CT molecular complexity index is 212. The number of hydrogen-bond donors (Lipinski definition) is 2. The summed E-state index contributed by atoms with van der Waals surface area (Å²) >= 11 is 0. The van der Waals surface area contributed by atoms with Crippen LogP contribution in [0.15, 0.2) is 0 Å². The van der Waals surface area contributed by atoms with Gasteiger partial charge in [0.25, 0.3) is 0 Å². The summed E-state index contributed by atoms with van der Waals surface area (Å²) in [6.45, 7) is 5.57. The lowest BCUT2D eigenvalue weighted by atomic mass is 10.0. The van der Waals surface area contributed by atoms with E-state index >= 15 is 0 Å². The van der Waals surface area contributed by atoms with Crippen LogP contribution in [0, 0.1) is 5.92 Å². The molecule has 0 aromatic rings. The smallest absolute Gasteiger partial charge is 0.234 e. The molecule has 0 bridgehead atoms. The fourth-order valence-electron chi connectivity index (χ4n) is 2.44. The molecule has 1 aliphatic carbocycles. The molecule has 3 heteroatoms. The largest absolute Gasteiger partial charge is 0.353 e. The van der Waals surface area contributed by atoms with Gasteiger partial charge in [0.05, 0.1) is 6.54 Å². The summed E-state index contributed by atoms with van der Waals surface area (Å²) in [7, 11) is 0. The highest BCUT2D eigenvalue weighted by Gasteiger charge is 2.13. The molecular formula is C14H28N2O. The molecule has 1 aliphatic rings. The van der Waals surface area contributed by atoms with Crippen molar-refractivity contribution in [2.75, 3.05) is 13.1 Å². The third-order valence-electron chi connectivity index (χ3n) is 3.75. The topological polar surface area (TPSA) is 41.1 Å². The van der Waals surface area contributed by atoms with E-state index in [1.54, 1.807) is 0 Å². The molecule has 1 atom stereocenters. The molecule has 1 fully saturated rings. The van der Waals surface area contributed by atoms with Crippen molar-refractivity contribution >= 4 is 5.91 Å². The Morgan fingerprint density at radius 1 is 1.35 bits per heavy atom. The zero-order valence-corrected chi connectivity index (χ0v) is 11.4. The van der Waals surface area contributed by atoms with E-state index in [9.17, 15) is 4.79 Å². The third-order valence-corrected chi connectivity index (χ3v) is 3.75. The lowest BCUT2D eigenvalue weighted by Gasteiger charge is -2.12. The Balaban J connectivity index is 1.90. The predicted molar refractivity (Wildman–Crippen MR) is 72.0 cm³/mol. The third kappa shape index (κ3) is 6.67. The van der Waals surface area contributed by atoms with Crippen LogP contribution in [0.25, 0.3) is 0 Å². The zero-order chi connectivity index (χ0) is 12.5. The van der Waals surface area contributed by atoms with Gasteiger partial charge >= 0.3 is 0 Å². The van der Waals surface area contributed by atoms with Gasteiger partial charge in [-0.25, -0.2) is 0 Å². The number of carbonyl (C=O) groups excluding carboxylic acids is 1. The van der Waals surface area contributed by atoms with Crippen molar-refractivity contribution < 1.29 is 4.79 Å². The summed E-state index contributed by atoms with van der Waals surface area (Å²) in [6.07, 6.45) is 9.24. The first kappa shape index (κ1) is 14.5. The lowest BCUT2D eigenvalue weighted by molar-refractivity contribution is -0.120. The number of carbonyl (C=O) groups is 1. The minimum Gasteiger partial charge on any atom is -0.353 e. The molecule has 1 amide bonds. The normalized spacial score (nSPS) is 18.2. The van der Waals surface area contributed by atoms with Gasteiger partial charge in [-0.15, -0.1) is 0 Å². The van der Waals surface area contributed by atoms with Crippen molar-refractivity contribution in [3.05, 3.63) is 0 Å². The van der Waals surface area contributed by atoms with Crippen molar-refractivity contribution in [2.24, 2.45) is 5.92 Å². The number of amides is 1. The highest BCUT2D eigenvalue weighted by atomic mass is 16.1. The van der Waals surface area contributed by atoms with E-state index in [4.69, 9.17) is 0 Å². The zero-order valence-electron chi connectivity index (χ0n) is 11.4. The summed E-state index contributed by atoms with van der Waals surface area (Å²) < 4.78 is 0. The highest BCUT2D eigenvalue weighted by molar-refractivity contribution is 5.78. The molecule has 2 N–H and O–H groups in total. The Morgan fingerprint density at radius 3 is 2.71 bits per heavy atom. The lowest BCUT2D eigenvalue weighted by Crippen LogP contribution is -2.39. The van der Waals surface area contributed by atoms with Crippen LogP contribution in [0.1, 0.15) is 58.8 Å². The molecule has 0 radical (unpaired) electrons. The molecule has 0 aromatic carbocycles. The Kier molecular flexibility index (Phi) is 7.25. The van der Waals surface area contributed by atoms with E-state index in [0.717, 1.165) is 18.9 Å². The fourth-order valence-corrected chi connectivity index (χ4v) is 2.44. The second-order valence-electron chi connectivity index (χ2n) is 5.35. The van der Waals surface area contributed by atoms with Gasteiger partial charge < -0.3 is 10.6 Å². The van der Waals surface area contributed by atoms with E-state index in [2.05, 4.69) is 17.6 Å². The van der Waals surface area contributed by atoms with Gasteiger partial charge in [-0.2, -0.15) is 0 Å². The molecule has 1 saturated carbocycles. The first-order valence-electron chi connectivity index (χ1n) is 7.22. The Morgan fingerprint density at radius 2 is 2.06 bits per heavy atom. The van der Waals surface area contributed by atoms with Crippen LogP contribution >= 0.6 is 0 Å². The van der Waals surface area contributed by atoms with Gasteiger partial charge in [-0.1, -0.05) is 32.6 Å². The number of rotatable bonds is 8. The van der Waals surface area contributed by atoms with Crippen LogP contribution in [-0.2, 0) is 4.79 Å². The van der Waals surface area contributed by atoms with Crippen molar-refractivity contribution in [1.82, 2.24) is 10.6 Å². The van der Waals surface area contributed by atoms with Crippen molar-refractivity contribution in [3.8, 4) is 0 Å². The first-order chi connectivity index (χ1) is 8.22. The Labute approximate surface area is 106 Å². The van der Waals surface area contributed by atoms with Crippen molar-refractivity contribution in [3.63, 3.8) is 0 Å². The van der Waals surface area contributed by atoms with E-state index in [0.29, 0.717) is 12.6 Å². The monoisotopic (exact) mass is 240 g/mol. The second-order valence-corrected chi connectivity index (χ2v) is 5.35.